The van der Waals surface area contributed by atoms with Gasteiger partial charge in [-0.2, -0.15) is 0 Å². The van der Waals surface area contributed by atoms with Crippen LogP contribution in [0.5, 0.6) is 5.75 Å². The number of amides is 1. The van der Waals surface area contributed by atoms with Crippen molar-refractivity contribution in [2.75, 3.05) is 0 Å². The molecule has 4 rings (SSSR count). The number of carboxylic acid groups (broad SMARTS) is 1. The number of rotatable bonds is 6. The Morgan fingerprint density at radius 1 is 0.971 bits per heavy atom. The SMILES string of the molecule is Cc1ccc(-c2c(C)c3c(c(C)c2CC(=O)O)CN(C(=O)c2cccc(OC(C)C)c2)C3)cc1. The molecule has 1 N–H and O–H groups in total. The van der Waals surface area contributed by atoms with Crippen LogP contribution < -0.4 is 4.74 Å². The number of carboxylic acids is 1. The lowest BCUT2D eigenvalue weighted by Gasteiger charge is -2.19. The Bertz CT molecular complexity index is 1260. The number of benzene rings is 3. The highest BCUT2D eigenvalue weighted by Crippen LogP contribution is 2.40. The van der Waals surface area contributed by atoms with Gasteiger partial charge in [-0.3, -0.25) is 9.59 Å². The molecule has 0 fully saturated rings. The van der Waals surface area contributed by atoms with Gasteiger partial charge in [0.2, 0.25) is 0 Å². The number of carbonyl (C=O) groups is 2. The molecular formula is C29H31NO4. The molecule has 3 aromatic rings. The van der Waals surface area contributed by atoms with Crippen molar-refractivity contribution >= 4 is 11.9 Å². The molecule has 1 heterocycles. The van der Waals surface area contributed by atoms with E-state index in [1.54, 1.807) is 6.07 Å². The lowest BCUT2D eigenvalue weighted by Crippen LogP contribution is -2.25. The maximum absolute atomic E-state index is 13.4. The predicted molar refractivity (Wildman–Crippen MR) is 133 cm³/mol. The first kappa shape index (κ1) is 23.6. The smallest absolute Gasteiger partial charge is 0.307 e. The normalized spacial score (nSPS) is 12.7. The summed E-state index contributed by atoms with van der Waals surface area (Å²) in [7, 11) is 0. The number of fused-ring (bicyclic) bond motifs is 1. The third kappa shape index (κ3) is 4.56. The second kappa shape index (κ2) is 9.34. The average molecular weight is 458 g/mol. The standard InChI is InChI=1S/C29H31NO4/c1-17(2)34-23-8-6-7-22(13-23)29(33)30-15-25-19(4)24(14-27(31)32)28(20(5)26(25)16-30)21-11-9-18(3)10-12-21/h6-13,17H,14-16H2,1-5H3,(H,31,32). The molecule has 0 saturated heterocycles. The highest BCUT2D eigenvalue weighted by Gasteiger charge is 2.31. The van der Waals surface area contributed by atoms with Crippen molar-refractivity contribution in [3.8, 4) is 16.9 Å². The zero-order chi connectivity index (χ0) is 24.6. The molecule has 3 aromatic carbocycles. The summed E-state index contributed by atoms with van der Waals surface area (Å²) in [6.45, 7) is 10.9. The van der Waals surface area contributed by atoms with E-state index in [0.29, 0.717) is 24.4 Å². The zero-order valence-corrected chi connectivity index (χ0v) is 20.4. The van der Waals surface area contributed by atoms with Gasteiger partial charge in [0.25, 0.3) is 5.91 Å². The van der Waals surface area contributed by atoms with E-state index in [1.807, 2.05) is 82.0 Å². The zero-order valence-electron chi connectivity index (χ0n) is 20.4. The Hall–Kier alpha value is -3.60. The fourth-order valence-electron chi connectivity index (χ4n) is 4.85. The molecular weight excluding hydrogens is 426 g/mol. The van der Waals surface area contributed by atoms with Gasteiger partial charge in [-0.15, -0.1) is 0 Å². The lowest BCUT2D eigenvalue weighted by molar-refractivity contribution is -0.136. The van der Waals surface area contributed by atoms with Gasteiger partial charge in [-0.05, 0) is 91.8 Å². The van der Waals surface area contributed by atoms with Crippen molar-refractivity contribution in [2.45, 2.75) is 60.2 Å². The number of nitrogens with zero attached hydrogens (tertiary/aromatic N) is 1. The van der Waals surface area contributed by atoms with E-state index in [-0.39, 0.29) is 18.4 Å². The van der Waals surface area contributed by atoms with Crippen LogP contribution in [0.1, 0.15) is 57.6 Å². The third-order valence-corrected chi connectivity index (χ3v) is 6.51. The average Bonchev–Trinajstić information content (AvgIpc) is 3.23. The molecule has 176 valence electrons. The Morgan fingerprint density at radius 2 is 1.62 bits per heavy atom. The van der Waals surface area contributed by atoms with Gasteiger partial charge >= 0.3 is 5.97 Å². The van der Waals surface area contributed by atoms with Crippen LogP contribution in [0.25, 0.3) is 11.1 Å². The second-order valence-corrected chi connectivity index (χ2v) is 9.35. The third-order valence-electron chi connectivity index (χ3n) is 6.51. The van der Waals surface area contributed by atoms with Crippen LogP contribution in [0.2, 0.25) is 0 Å². The van der Waals surface area contributed by atoms with Crippen LogP contribution in [0.15, 0.2) is 48.5 Å². The van der Waals surface area contributed by atoms with E-state index in [2.05, 4.69) is 0 Å². The van der Waals surface area contributed by atoms with Crippen LogP contribution in [-0.4, -0.2) is 28.0 Å². The molecule has 5 heteroatoms. The number of aryl methyl sites for hydroxylation is 1. The van der Waals surface area contributed by atoms with Gasteiger partial charge in [0.1, 0.15) is 5.75 Å². The molecule has 0 saturated carbocycles. The van der Waals surface area contributed by atoms with E-state index in [1.165, 1.54) is 0 Å². The number of aliphatic carboxylic acids is 1. The van der Waals surface area contributed by atoms with Gasteiger partial charge in [0, 0.05) is 18.7 Å². The highest BCUT2D eigenvalue weighted by molar-refractivity contribution is 5.95. The first-order valence-corrected chi connectivity index (χ1v) is 11.6. The van der Waals surface area contributed by atoms with E-state index in [0.717, 1.165) is 44.5 Å². The molecule has 0 aliphatic carbocycles. The maximum Gasteiger partial charge on any atom is 0.307 e. The summed E-state index contributed by atoms with van der Waals surface area (Å²) in [6, 6.07) is 15.5. The monoisotopic (exact) mass is 457 g/mol. The van der Waals surface area contributed by atoms with E-state index in [4.69, 9.17) is 4.74 Å². The molecule has 0 bridgehead atoms. The van der Waals surface area contributed by atoms with Crippen molar-refractivity contribution in [2.24, 2.45) is 0 Å². The minimum Gasteiger partial charge on any atom is -0.491 e. The maximum atomic E-state index is 13.4. The fourth-order valence-corrected chi connectivity index (χ4v) is 4.85. The number of hydrogen-bond acceptors (Lipinski definition) is 3. The summed E-state index contributed by atoms with van der Waals surface area (Å²) in [4.78, 5) is 27.0. The van der Waals surface area contributed by atoms with Gasteiger partial charge in [0.15, 0.2) is 0 Å². The number of ether oxygens (including phenoxy) is 1. The summed E-state index contributed by atoms with van der Waals surface area (Å²) >= 11 is 0. The van der Waals surface area contributed by atoms with Crippen molar-refractivity contribution in [1.29, 1.82) is 0 Å². The lowest BCUT2D eigenvalue weighted by atomic mass is 9.84. The summed E-state index contributed by atoms with van der Waals surface area (Å²) in [6.07, 6.45) is -0.0225. The molecule has 0 spiro atoms. The van der Waals surface area contributed by atoms with Crippen LogP contribution in [0.4, 0.5) is 0 Å². The van der Waals surface area contributed by atoms with E-state index in [9.17, 15) is 14.7 Å². The van der Waals surface area contributed by atoms with Crippen LogP contribution in [0.3, 0.4) is 0 Å². The quantitative estimate of drug-likeness (QED) is 0.504. The minimum absolute atomic E-state index is 0.0274. The van der Waals surface area contributed by atoms with Crippen molar-refractivity contribution < 1.29 is 19.4 Å². The topological polar surface area (TPSA) is 66.8 Å². The van der Waals surface area contributed by atoms with Gasteiger partial charge in [-0.25, -0.2) is 0 Å². The fraction of sp³-hybridized carbons (Fsp3) is 0.310. The summed E-state index contributed by atoms with van der Waals surface area (Å²) in [5, 5.41) is 9.65. The Balaban J connectivity index is 1.74. The summed E-state index contributed by atoms with van der Waals surface area (Å²) < 4.78 is 5.77. The number of hydrogen-bond donors (Lipinski definition) is 1. The molecule has 1 amide bonds. The molecule has 0 aromatic heterocycles. The van der Waals surface area contributed by atoms with Crippen LogP contribution in [-0.2, 0) is 24.3 Å². The Labute approximate surface area is 201 Å². The summed E-state index contributed by atoms with van der Waals surface area (Å²) in [5.74, 6) is -0.236. The van der Waals surface area contributed by atoms with E-state index >= 15 is 0 Å². The van der Waals surface area contributed by atoms with Gasteiger partial charge < -0.3 is 14.7 Å². The van der Waals surface area contributed by atoms with E-state index < -0.39 is 5.97 Å². The summed E-state index contributed by atoms with van der Waals surface area (Å²) in [5.41, 5.74) is 8.74. The molecule has 1 aliphatic heterocycles. The minimum atomic E-state index is -0.858. The van der Waals surface area contributed by atoms with Crippen molar-refractivity contribution in [3.05, 3.63) is 87.5 Å². The Morgan fingerprint density at radius 3 is 2.24 bits per heavy atom. The molecule has 34 heavy (non-hydrogen) atoms. The first-order valence-electron chi connectivity index (χ1n) is 11.6. The molecule has 0 radical (unpaired) electrons. The largest absolute Gasteiger partial charge is 0.491 e. The number of carbonyl (C=O) groups excluding carboxylic acids is 1. The predicted octanol–water partition coefficient (Wildman–Crippen LogP) is 5.85. The van der Waals surface area contributed by atoms with Gasteiger partial charge in [0.05, 0.1) is 12.5 Å². The first-order chi connectivity index (χ1) is 16.2. The molecule has 0 unspecified atom stereocenters. The Kier molecular flexibility index (Phi) is 6.47. The second-order valence-electron chi connectivity index (χ2n) is 9.35. The van der Waals surface area contributed by atoms with Crippen molar-refractivity contribution in [3.63, 3.8) is 0 Å². The molecule has 1 aliphatic rings. The van der Waals surface area contributed by atoms with Crippen LogP contribution in [0, 0.1) is 20.8 Å². The van der Waals surface area contributed by atoms with Crippen molar-refractivity contribution in [1.82, 2.24) is 4.90 Å². The highest BCUT2D eigenvalue weighted by atomic mass is 16.5. The molecule has 0 atom stereocenters. The van der Waals surface area contributed by atoms with Crippen LogP contribution >= 0.6 is 0 Å². The molecule has 5 nitrogen and oxygen atoms in total. The van der Waals surface area contributed by atoms with Gasteiger partial charge in [-0.1, -0.05) is 35.9 Å².